The fourth-order valence-corrected chi connectivity index (χ4v) is 4.76. The highest BCUT2D eigenvalue weighted by atomic mass is 16.5. The first-order chi connectivity index (χ1) is 14.7. The molecule has 7 nitrogen and oxygen atoms in total. The molecule has 156 valence electrons. The summed E-state index contributed by atoms with van der Waals surface area (Å²) in [5, 5.41) is 2.96. The highest BCUT2D eigenvalue weighted by molar-refractivity contribution is 6.08. The smallest absolute Gasteiger partial charge is 0.325 e. The van der Waals surface area contributed by atoms with Crippen molar-refractivity contribution in [3.8, 4) is 5.75 Å². The molecule has 3 heterocycles. The van der Waals surface area contributed by atoms with Gasteiger partial charge in [0.15, 0.2) is 5.54 Å². The first kappa shape index (κ1) is 19.1. The van der Waals surface area contributed by atoms with Crippen LogP contribution < -0.4 is 15.0 Å². The van der Waals surface area contributed by atoms with Crippen LogP contribution in [-0.2, 0) is 21.6 Å². The molecule has 30 heavy (non-hydrogen) atoms. The number of nitrogens with one attached hydrogen (secondary N) is 2. The number of imide groups is 1. The van der Waals surface area contributed by atoms with E-state index in [0.29, 0.717) is 25.4 Å². The van der Waals surface area contributed by atoms with E-state index in [0.717, 1.165) is 25.2 Å². The highest BCUT2D eigenvalue weighted by Crippen LogP contribution is 2.41. The minimum Gasteiger partial charge on any atom is -0.493 e. The van der Waals surface area contributed by atoms with Gasteiger partial charge in [0, 0.05) is 17.5 Å². The summed E-state index contributed by atoms with van der Waals surface area (Å²) in [6, 6.07) is 17.5. The zero-order valence-corrected chi connectivity index (χ0v) is 16.8. The second kappa shape index (κ2) is 7.74. The molecule has 0 aromatic heterocycles. The molecule has 2 saturated heterocycles. The standard InChI is InChI=1S/C23H25N3O4/c27-21-23(10-12-30-20-9-5-4-8-19(20)23)24-22(28)26(21)16-18-15-25(11-13-29-18)14-17-6-2-1-3-7-17/h1-9,18H,10-16H2,(H,24,28)/p+1/t18-,23-/m0/s1. The van der Waals surface area contributed by atoms with Crippen molar-refractivity contribution in [1.82, 2.24) is 10.2 Å². The topological polar surface area (TPSA) is 72.3 Å². The second-order valence-electron chi connectivity index (χ2n) is 8.21. The summed E-state index contributed by atoms with van der Waals surface area (Å²) in [4.78, 5) is 29.0. The van der Waals surface area contributed by atoms with Crippen molar-refractivity contribution in [2.24, 2.45) is 0 Å². The first-order valence-corrected chi connectivity index (χ1v) is 10.5. The summed E-state index contributed by atoms with van der Waals surface area (Å²) in [6.45, 7) is 3.88. The molecule has 1 spiro atoms. The Kier molecular flexibility index (Phi) is 4.92. The van der Waals surface area contributed by atoms with Crippen LogP contribution in [0.3, 0.4) is 0 Å². The zero-order valence-electron chi connectivity index (χ0n) is 16.8. The molecular formula is C23H26N3O4+. The largest absolute Gasteiger partial charge is 0.493 e. The van der Waals surface area contributed by atoms with Crippen molar-refractivity contribution in [2.45, 2.75) is 24.6 Å². The third-order valence-electron chi connectivity index (χ3n) is 6.27. The minimum absolute atomic E-state index is 0.169. The monoisotopic (exact) mass is 408 g/mol. The van der Waals surface area contributed by atoms with Crippen LogP contribution in [-0.4, -0.2) is 55.8 Å². The number of urea groups is 1. The van der Waals surface area contributed by atoms with E-state index in [9.17, 15) is 9.59 Å². The number of hydrogen-bond acceptors (Lipinski definition) is 4. The Morgan fingerprint density at radius 3 is 2.73 bits per heavy atom. The van der Waals surface area contributed by atoms with Crippen LogP contribution in [0.25, 0.3) is 0 Å². The number of quaternary nitrogens is 1. The Balaban J connectivity index is 1.30. The second-order valence-corrected chi connectivity index (χ2v) is 8.21. The lowest BCUT2D eigenvalue weighted by molar-refractivity contribution is -0.925. The van der Waals surface area contributed by atoms with Crippen LogP contribution in [0.4, 0.5) is 4.79 Å². The lowest BCUT2D eigenvalue weighted by Crippen LogP contribution is -3.13. The van der Waals surface area contributed by atoms with Gasteiger partial charge in [-0.05, 0) is 6.07 Å². The highest BCUT2D eigenvalue weighted by Gasteiger charge is 2.55. The number of morpholine rings is 1. The van der Waals surface area contributed by atoms with Crippen molar-refractivity contribution in [3.63, 3.8) is 0 Å². The van der Waals surface area contributed by atoms with Gasteiger partial charge in [0.2, 0.25) is 0 Å². The molecule has 3 aliphatic heterocycles. The van der Waals surface area contributed by atoms with E-state index in [1.807, 2.05) is 42.5 Å². The van der Waals surface area contributed by atoms with E-state index in [4.69, 9.17) is 9.47 Å². The zero-order chi connectivity index (χ0) is 20.6. The molecule has 2 aromatic rings. The Morgan fingerprint density at radius 1 is 1.07 bits per heavy atom. The average Bonchev–Trinajstić information content (AvgIpc) is 3.00. The molecular weight excluding hydrogens is 382 g/mol. The van der Waals surface area contributed by atoms with Crippen molar-refractivity contribution in [3.05, 3.63) is 65.7 Å². The van der Waals surface area contributed by atoms with Crippen LogP contribution in [0, 0.1) is 0 Å². The third kappa shape index (κ3) is 3.34. The number of nitrogens with zero attached hydrogens (tertiary/aromatic N) is 1. The van der Waals surface area contributed by atoms with E-state index in [-0.39, 0.29) is 24.6 Å². The van der Waals surface area contributed by atoms with E-state index in [2.05, 4.69) is 17.4 Å². The summed E-state index contributed by atoms with van der Waals surface area (Å²) in [5.74, 6) is 0.452. The van der Waals surface area contributed by atoms with Gasteiger partial charge in [0.1, 0.15) is 31.5 Å². The predicted octanol–water partition coefficient (Wildman–Crippen LogP) is 0.700. The molecule has 3 aliphatic rings. The number of para-hydroxylation sites is 1. The Labute approximate surface area is 175 Å². The molecule has 0 radical (unpaired) electrons. The maximum atomic E-state index is 13.4. The lowest BCUT2D eigenvalue weighted by Gasteiger charge is -2.34. The van der Waals surface area contributed by atoms with Gasteiger partial charge >= 0.3 is 6.03 Å². The maximum Gasteiger partial charge on any atom is 0.325 e. The summed E-state index contributed by atoms with van der Waals surface area (Å²) >= 11 is 0. The van der Waals surface area contributed by atoms with Crippen molar-refractivity contribution in [1.29, 1.82) is 0 Å². The predicted molar refractivity (Wildman–Crippen MR) is 109 cm³/mol. The normalized spacial score (nSPS) is 28.2. The molecule has 5 rings (SSSR count). The number of carbonyl (C=O) groups excluding carboxylic acids is 2. The SMILES string of the molecule is O=C1N[C@]2(CCOc3ccccc32)C(=O)N1C[C@@H]1C[NH+](Cc2ccccc2)CCO1. The maximum absolute atomic E-state index is 13.4. The summed E-state index contributed by atoms with van der Waals surface area (Å²) < 4.78 is 11.6. The molecule has 2 N–H and O–H groups in total. The van der Waals surface area contributed by atoms with Gasteiger partial charge in [-0.2, -0.15) is 0 Å². The van der Waals surface area contributed by atoms with Gasteiger partial charge in [-0.3, -0.25) is 9.69 Å². The molecule has 0 saturated carbocycles. The Bertz CT molecular complexity index is 950. The van der Waals surface area contributed by atoms with Crippen molar-refractivity contribution in [2.75, 3.05) is 32.8 Å². The van der Waals surface area contributed by atoms with E-state index in [1.54, 1.807) is 0 Å². The van der Waals surface area contributed by atoms with Crippen molar-refractivity contribution < 1.29 is 24.0 Å². The summed E-state index contributed by atoms with van der Waals surface area (Å²) in [7, 11) is 0. The number of rotatable bonds is 4. The van der Waals surface area contributed by atoms with Gasteiger partial charge in [-0.1, -0.05) is 48.5 Å². The fraction of sp³-hybridized carbons (Fsp3) is 0.391. The number of benzene rings is 2. The van der Waals surface area contributed by atoms with Gasteiger partial charge in [0.05, 0.1) is 19.8 Å². The fourth-order valence-electron chi connectivity index (χ4n) is 4.76. The van der Waals surface area contributed by atoms with Crippen LogP contribution in [0.2, 0.25) is 0 Å². The number of carbonyl (C=O) groups is 2. The minimum atomic E-state index is -1.03. The molecule has 2 fully saturated rings. The quantitative estimate of drug-likeness (QED) is 0.731. The Hall–Kier alpha value is -2.90. The van der Waals surface area contributed by atoms with Gasteiger partial charge in [-0.25, -0.2) is 4.79 Å². The lowest BCUT2D eigenvalue weighted by atomic mass is 9.84. The summed E-state index contributed by atoms with van der Waals surface area (Å²) in [5.41, 5.74) is 0.982. The van der Waals surface area contributed by atoms with Crippen LogP contribution >= 0.6 is 0 Å². The molecule has 2 aromatic carbocycles. The molecule has 0 aliphatic carbocycles. The number of fused-ring (bicyclic) bond motifs is 2. The van der Waals surface area contributed by atoms with Crippen LogP contribution in [0.1, 0.15) is 17.5 Å². The van der Waals surface area contributed by atoms with Gasteiger partial charge in [-0.15, -0.1) is 0 Å². The molecule has 0 bridgehead atoms. The average molecular weight is 408 g/mol. The summed E-state index contributed by atoms with van der Waals surface area (Å²) in [6.07, 6.45) is 0.263. The Morgan fingerprint density at radius 2 is 1.87 bits per heavy atom. The van der Waals surface area contributed by atoms with Gasteiger partial charge in [0.25, 0.3) is 5.91 Å². The van der Waals surface area contributed by atoms with E-state index >= 15 is 0 Å². The van der Waals surface area contributed by atoms with Crippen LogP contribution in [0.15, 0.2) is 54.6 Å². The first-order valence-electron chi connectivity index (χ1n) is 10.5. The molecule has 7 heteroatoms. The third-order valence-corrected chi connectivity index (χ3v) is 6.27. The number of ether oxygens (including phenoxy) is 2. The van der Waals surface area contributed by atoms with Crippen molar-refractivity contribution >= 4 is 11.9 Å². The number of amides is 3. The molecule has 1 unspecified atom stereocenters. The van der Waals surface area contributed by atoms with E-state index in [1.165, 1.54) is 15.4 Å². The van der Waals surface area contributed by atoms with Crippen LogP contribution in [0.5, 0.6) is 5.75 Å². The molecule has 3 amide bonds. The van der Waals surface area contributed by atoms with E-state index < -0.39 is 5.54 Å². The van der Waals surface area contributed by atoms with Gasteiger partial charge < -0.3 is 19.7 Å². The molecule has 3 atom stereocenters. The number of hydrogen-bond donors (Lipinski definition) is 2.